The van der Waals surface area contributed by atoms with E-state index in [9.17, 15) is 0 Å². The maximum absolute atomic E-state index is 3.43. The second kappa shape index (κ2) is 5.39. The zero-order valence-corrected chi connectivity index (χ0v) is 11.2. The predicted molar refractivity (Wildman–Crippen MR) is 74.8 cm³/mol. The second-order valence-corrected chi connectivity index (χ2v) is 5.50. The summed E-state index contributed by atoms with van der Waals surface area (Å²) < 4.78 is 0. The highest BCUT2D eigenvalue weighted by atomic mass is 15.2. The van der Waals surface area contributed by atoms with Crippen LogP contribution in [0.5, 0.6) is 0 Å². The average molecular weight is 245 g/mol. The molecule has 0 spiro atoms. The lowest BCUT2D eigenvalue weighted by molar-refractivity contribution is 0.143. The van der Waals surface area contributed by atoms with Gasteiger partial charge in [-0.25, -0.2) is 0 Å². The van der Waals surface area contributed by atoms with E-state index >= 15 is 0 Å². The fourth-order valence-electron chi connectivity index (χ4n) is 3.15. The van der Waals surface area contributed by atoms with Crippen molar-refractivity contribution in [2.45, 2.75) is 12.5 Å². The molecule has 2 heterocycles. The van der Waals surface area contributed by atoms with E-state index in [2.05, 4.69) is 46.4 Å². The first-order chi connectivity index (χ1) is 8.84. The van der Waals surface area contributed by atoms with Gasteiger partial charge in [-0.1, -0.05) is 24.3 Å². The molecule has 3 nitrogen and oxygen atoms in total. The maximum atomic E-state index is 3.43. The second-order valence-electron chi connectivity index (χ2n) is 5.50. The van der Waals surface area contributed by atoms with Crippen LogP contribution in [0.4, 0.5) is 0 Å². The Bertz CT molecular complexity index is 398. The molecule has 1 saturated heterocycles. The molecule has 18 heavy (non-hydrogen) atoms. The van der Waals surface area contributed by atoms with E-state index < -0.39 is 0 Å². The van der Waals surface area contributed by atoms with Crippen molar-refractivity contribution in [2.24, 2.45) is 0 Å². The molecule has 0 aliphatic carbocycles. The molecule has 3 heteroatoms. The van der Waals surface area contributed by atoms with Crippen molar-refractivity contribution in [2.75, 3.05) is 46.3 Å². The normalized spacial score (nSPS) is 25.9. The molecule has 0 bridgehead atoms. The maximum Gasteiger partial charge on any atom is 0.0475 e. The Hall–Kier alpha value is -0.900. The van der Waals surface area contributed by atoms with Gasteiger partial charge in [0.1, 0.15) is 0 Å². The summed E-state index contributed by atoms with van der Waals surface area (Å²) in [6.07, 6.45) is 1.20. The fourth-order valence-corrected chi connectivity index (χ4v) is 3.15. The number of rotatable bonds is 2. The summed E-state index contributed by atoms with van der Waals surface area (Å²) in [5, 5.41) is 3.43. The summed E-state index contributed by atoms with van der Waals surface area (Å²) in [7, 11) is 2.27. The van der Waals surface area contributed by atoms with Crippen LogP contribution in [0.3, 0.4) is 0 Å². The minimum Gasteiger partial charge on any atom is -0.314 e. The molecule has 3 rings (SSSR count). The smallest absolute Gasteiger partial charge is 0.0475 e. The minimum absolute atomic E-state index is 0.577. The zero-order valence-electron chi connectivity index (χ0n) is 11.2. The van der Waals surface area contributed by atoms with Gasteiger partial charge in [0.2, 0.25) is 0 Å². The van der Waals surface area contributed by atoms with Gasteiger partial charge in [-0.15, -0.1) is 0 Å². The van der Waals surface area contributed by atoms with Crippen molar-refractivity contribution in [1.29, 1.82) is 0 Å². The van der Waals surface area contributed by atoms with Crippen molar-refractivity contribution in [3.63, 3.8) is 0 Å². The molecule has 0 amide bonds. The van der Waals surface area contributed by atoms with Gasteiger partial charge in [0.05, 0.1) is 0 Å². The first kappa shape index (κ1) is 12.2. The van der Waals surface area contributed by atoms with Crippen molar-refractivity contribution < 1.29 is 0 Å². The van der Waals surface area contributed by atoms with E-state index in [-0.39, 0.29) is 0 Å². The highest BCUT2D eigenvalue weighted by molar-refractivity contribution is 5.32. The lowest BCUT2D eigenvalue weighted by Gasteiger charge is -2.39. The molecular weight excluding hydrogens is 222 g/mol. The Kier molecular flexibility index (Phi) is 3.64. The molecule has 1 fully saturated rings. The number of nitrogens with zero attached hydrogens (tertiary/aromatic N) is 2. The van der Waals surface area contributed by atoms with Gasteiger partial charge in [-0.3, -0.25) is 9.80 Å². The number of likely N-dealkylation sites (N-methyl/N-ethyl adjacent to an activating group) is 1. The van der Waals surface area contributed by atoms with Crippen molar-refractivity contribution >= 4 is 0 Å². The number of hydrogen-bond donors (Lipinski definition) is 1. The number of nitrogens with one attached hydrogen (secondary N) is 1. The van der Waals surface area contributed by atoms with Crippen molar-refractivity contribution in [1.82, 2.24) is 15.1 Å². The molecule has 1 atom stereocenters. The molecule has 1 aromatic carbocycles. The third-order valence-corrected chi connectivity index (χ3v) is 4.32. The van der Waals surface area contributed by atoms with Crippen molar-refractivity contribution in [3.05, 3.63) is 35.4 Å². The summed E-state index contributed by atoms with van der Waals surface area (Å²) in [6, 6.07) is 9.55. The van der Waals surface area contributed by atoms with Crippen LogP contribution in [0.2, 0.25) is 0 Å². The lowest BCUT2D eigenvalue weighted by atomic mass is 9.92. The van der Waals surface area contributed by atoms with Gasteiger partial charge in [-0.05, 0) is 24.6 Å². The Morgan fingerprint density at radius 2 is 1.94 bits per heavy atom. The molecule has 1 aromatic rings. The predicted octanol–water partition coefficient (Wildman–Crippen LogP) is 1.12. The first-order valence-corrected chi connectivity index (χ1v) is 7.06. The molecule has 98 valence electrons. The molecule has 2 aliphatic heterocycles. The highest BCUT2D eigenvalue weighted by Gasteiger charge is 2.26. The minimum atomic E-state index is 0.577. The van der Waals surface area contributed by atoms with Crippen LogP contribution in [0.1, 0.15) is 17.2 Å². The van der Waals surface area contributed by atoms with Crippen LogP contribution in [0, 0.1) is 0 Å². The van der Waals surface area contributed by atoms with Crippen LogP contribution in [-0.2, 0) is 6.42 Å². The molecular formula is C15H23N3. The molecule has 0 radical (unpaired) electrons. The van der Waals surface area contributed by atoms with E-state index in [1.54, 1.807) is 11.1 Å². The molecule has 2 aliphatic rings. The van der Waals surface area contributed by atoms with Gasteiger partial charge in [0.25, 0.3) is 0 Å². The van der Waals surface area contributed by atoms with E-state index in [0.29, 0.717) is 6.04 Å². The molecule has 1 N–H and O–H groups in total. The Morgan fingerprint density at radius 1 is 1.17 bits per heavy atom. The van der Waals surface area contributed by atoms with Crippen LogP contribution in [0.25, 0.3) is 0 Å². The molecule has 0 saturated carbocycles. The van der Waals surface area contributed by atoms with E-state index in [1.165, 1.54) is 32.6 Å². The van der Waals surface area contributed by atoms with E-state index in [1.807, 2.05) is 0 Å². The summed E-state index contributed by atoms with van der Waals surface area (Å²) >= 11 is 0. The Balaban J connectivity index is 1.77. The topological polar surface area (TPSA) is 18.5 Å². The monoisotopic (exact) mass is 245 g/mol. The third-order valence-electron chi connectivity index (χ3n) is 4.32. The number of hydrogen-bond acceptors (Lipinski definition) is 3. The quantitative estimate of drug-likeness (QED) is 0.842. The van der Waals surface area contributed by atoms with E-state index in [4.69, 9.17) is 0 Å². The molecule has 0 aromatic heterocycles. The van der Waals surface area contributed by atoms with Gasteiger partial charge < -0.3 is 5.32 Å². The summed E-state index contributed by atoms with van der Waals surface area (Å²) in [5.41, 5.74) is 3.10. The van der Waals surface area contributed by atoms with Crippen LogP contribution in [0.15, 0.2) is 24.3 Å². The summed E-state index contributed by atoms with van der Waals surface area (Å²) in [6.45, 7) is 7.01. The van der Waals surface area contributed by atoms with E-state index in [0.717, 1.165) is 13.1 Å². The van der Waals surface area contributed by atoms with Crippen molar-refractivity contribution in [3.8, 4) is 0 Å². The third kappa shape index (κ3) is 2.44. The lowest BCUT2D eigenvalue weighted by Crippen LogP contribution is -2.47. The number of fused-ring (bicyclic) bond motifs is 1. The van der Waals surface area contributed by atoms with Crippen LogP contribution < -0.4 is 5.32 Å². The zero-order chi connectivity index (χ0) is 12.4. The molecule has 1 unspecified atom stereocenters. The van der Waals surface area contributed by atoms with Gasteiger partial charge in [0, 0.05) is 45.3 Å². The van der Waals surface area contributed by atoms with Crippen LogP contribution in [-0.4, -0.2) is 56.1 Å². The van der Waals surface area contributed by atoms with Gasteiger partial charge >= 0.3 is 0 Å². The highest BCUT2D eigenvalue weighted by Crippen LogP contribution is 2.29. The number of benzene rings is 1. The fraction of sp³-hybridized carbons (Fsp3) is 0.600. The standard InChI is InChI=1S/C15H23N3/c1-17-9-6-13-4-2-3-5-14(13)15(17)12-18-10-7-16-8-11-18/h2-5,15-16H,6-12H2,1H3. The first-order valence-electron chi connectivity index (χ1n) is 7.06. The van der Waals surface area contributed by atoms with Crippen LogP contribution >= 0.6 is 0 Å². The average Bonchev–Trinajstić information content (AvgIpc) is 2.43. The SMILES string of the molecule is CN1CCc2ccccc2C1CN1CCNCC1. The number of piperazine rings is 1. The Labute approximate surface area is 110 Å². The van der Waals surface area contributed by atoms with Gasteiger partial charge in [0.15, 0.2) is 0 Å². The Morgan fingerprint density at radius 3 is 2.78 bits per heavy atom. The largest absolute Gasteiger partial charge is 0.314 e. The van der Waals surface area contributed by atoms with Gasteiger partial charge in [-0.2, -0.15) is 0 Å². The summed E-state index contributed by atoms with van der Waals surface area (Å²) in [4.78, 5) is 5.12. The summed E-state index contributed by atoms with van der Waals surface area (Å²) in [5.74, 6) is 0.